The first-order valence-electron chi connectivity index (χ1n) is 9.34. The second-order valence-electron chi connectivity index (χ2n) is 7.34. The van der Waals surface area contributed by atoms with Crippen LogP contribution in [0.3, 0.4) is 0 Å². The van der Waals surface area contributed by atoms with Crippen LogP contribution in [0.4, 0.5) is 0 Å². The van der Waals surface area contributed by atoms with Crippen molar-refractivity contribution in [1.29, 1.82) is 0 Å². The summed E-state index contributed by atoms with van der Waals surface area (Å²) in [5.41, 5.74) is 1.87. The number of carbonyl (C=O) groups excluding carboxylic acids is 1. The lowest BCUT2D eigenvalue weighted by Crippen LogP contribution is -2.63. The van der Waals surface area contributed by atoms with E-state index >= 15 is 0 Å². The number of aryl methyl sites for hydroxylation is 1. The number of hydrogen-bond acceptors (Lipinski definition) is 3. The van der Waals surface area contributed by atoms with Crippen LogP contribution in [0.15, 0.2) is 54.6 Å². The van der Waals surface area contributed by atoms with Gasteiger partial charge in [0.25, 0.3) is 0 Å². The quantitative estimate of drug-likeness (QED) is 0.825. The molecule has 1 atom stereocenters. The van der Waals surface area contributed by atoms with E-state index in [-0.39, 0.29) is 12.3 Å². The molecule has 2 aromatic carbocycles. The molecule has 2 N–H and O–H groups in total. The molecule has 5 nitrogen and oxygen atoms in total. The molecule has 2 aromatic rings. The second kappa shape index (κ2) is 8.35. The molecule has 142 valence electrons. The highest BCUT2D eigenvalue weighted by molar-refractivity contribution is 5.88. The summed E-state index contributed by atoms with van der Waals surface area (Å²) in [6.07, 6.45) is 1.39. The zero-order valence-corrected chi connectivity index (χ0v) is 15.6. The van der Waals surface area contributed by atoms with Gasteiger partial charge in [-0.1, -0.05) is 54.6 Å². The molecule has 0 aliphatic carbocycles. The molecule has 1 amide bonds. The largest absolute Gasteiger partial charge is 0.479 e. The molecule has 0 unspecified atom stereocenters. The van der Waals surface area contributed by atoms with Crippen molar-refractivity contribution in [2.75, 3.05) is 13.1 Å². The Balaban J connectivity index is 1.70. The van der Waals surface area contributed by atoms with Crippen molar-refractivity contribution in [2.45, 2.75) is 38.3 Å². The molecule has 1 aliphatic heterocycles. The number of amides is 1. The van der Waals surface area contributed by atoms with Gasteiger partial charge in [0.1, 0.15) is 0 Å². The van der Waals surface area contributed by atoms with Crippen LogP contribution in [0.1, 0.15) is 29.5 Å². The molecule has 1 heterocycles. The summed E-state index contributed by atoms with van der Waals surface area (Å²) in [5.74, 6) is -1.20. The van der Waals surface area contributed by atoms with Crippen LogP contribution in [0.5, 0.6) is 0 Å². The predicted molar refractivity (Wildman–Crippen MR) is 104 cm³/mol. The molecule has 1 saturated heterocycles. The first-order valence-corrected chi connectivity index (χ1v) is 9.34. The van der Waals surface area contributed by atoms with E-state index in [1.165, 1.54) is 0 Å². The molecule has 27 heavy (non-hydrogen) atoms. The SMILES string of the molecule is Cc1ccccc1CC(=O)N[C@@]1(C(=O)O)CCCN(Cc2ccccc2)C1. The molecule has 0 aromatic heterocycles. The third-order valence-electron chi connectivity index (χ3n) is 5.22. The summed E-state index contributed by atoms with van der Waals surface area (Å²) in [6.45, 7) is 3.79. The number of likely N-dealkylation sites (tertiary alicyclic amines) is 1. The minimum absolute atomic E-state index is 0.195. The monoisotopic (exact) mass is 366 g/mol. The molecule has 0 radical (unpaired) electrons. The Morgan fingerprint density at radius 3 is 2.52 bits per heavy atom. The fourth-order valence-electron chi connectivity index (χ4n) is 3.74. The minimum atomic E-state index is -1.23. The molecule has 1 aliphatic rings. The summed E-state index contributed by atoms with van der Waals surface area (Å²) in [5, 5.41) is 12.7. The number of piperidine rings is 1. The van der Waals surface area contributed by atoms with Gasteiger partial charge in [-0.25, -0.2) is 4.79 Å². The number of carboxylic acid groups (broad SMARTS) is 1. The van der Waals surface area contributed by atoms with Crippen molar-refractivity contribution in [3.05, 3.63) is 71.3 Å². The molecule has 5 heteroatoms. The first-order chi connectivity index (χ1) is 13.0. The predicted octanol–water partition coefficient (Wildman–Crippen LogP) is 2.77. The van der Waals surface area contributed by atoms with Gasteiger partial charge in [-0.2, -0.15) is 0 Å². The van der Waals surface area contributed by atoms with Gasteiger partial charge in [-0.05, 0) is 43.0 Å². The molecule has 0 saturated carbocycles. The summed E-state index contributed by atoms with van der Waals surface area (Å²) in [7, 11) is 0. The summed E-state index contributed by atoms with van der Waals surface area (Å²) >= 11 is 0. The molecule has 0 spiro atoms. The van der Waals surface area contributed by atoms with E-state index in [4.69, 9.17) is 0 Å². The van der Waals surface area contributed by atoms with Crippen molar-refractivity contribution in [1.82, 2.24) is 10.2 Å². The van der Waals surface area contributed by atoms with Crippen molar-refractivity contribution in [3.63, 3.8) is 0 Å². The fourth-order valence-corrected chi connectivity index (χ4v) is 3.74. The summed E-state index contributed by atoms with van der Waals surface area (Å²) in [4.78, 5) is 26.8. The van der Waals surface area contributed by atoms with Gasteiger partial charge < -0.3 is 10.4 Å². The average Bonchev–Trinajstić information content (AvgIpc) is 2.64. The summed E-state index contributed by atoms with van der Waals surface area (Å²) in [6, 6.07) is 17.7. The number of nitrogens with one attached hydrogen (secondary N) is 1. The van der Waals surface area contributed by atoms with Crippen molar-refractivity contribution >= 4 is 11.9 Å². The zero-order chi connectivity index (χ0) is 19.3. The van der Waals surface area contributed by atoms with E-state index in [1.807, 2.05) is 61.5 Å². The Hall–Kier alpha value is -2.66. The number of hydrogen-bond donors (Lipinski definition) is 2. The van der Waals surface area contributed by atoms with Gasteiger partial charge >= 0.3 is 5.97 Å². The zero-order valence-electron chi connectivity index (χ0n) is 15.6. The number of carbonyl (C=O) groups is 2. The molecular formula is C22H26N2O3. The van der Waals surface area contributed by atoms with E-state index in [1.54, 1.807) is 0 Å². The van der Waals surface area contributed by atoms with E-state index in [0.29, 0.717) is 19.5 Å². The van der Waals surface area contributed by atoms with E-state index in [9.17, 15) is 14.7 Å². The van der Waals surface area contributed by atoms with Gasteiger partial charge in [0.2, 0.25) is 5.91 Å². The van der Waals surface area contributed by atoms with Crippen molar-refractivity contribution in [3.8, 4) is 0 Å². The lowest BCUT2D eigenvalue weighted by molar-refractivity contribution is -0.150. The third-order valence-corrected chi connectivity index (χ3v) is 5.22. The van der Waals surface area contributed by atoms with E-state index in [2.05, 4.69) is 10.2 Å². The summed E-state index contributed by atoms with van der Waals surface area (Å²) < 4.78 is 0. The molecular weight excluding hydrogens is 340 g/mol. The van der Waals surface area contributed by atoms with Crippen LogP contribution < -0.4 is 5.32 Å². The van der Waals surface area contributed by atoms with Crippen LogP contribution in [0.2, 0.25) is 0 Å². The Kier molecular flexibility index (Phi) is 5.91. The lowest BCUT2D eigenvalue weighted by atomic mass is 9.88. The lowest BCUT2D eigenvalue weighted by Gasteiger charge is -2.40. The van der Waals surface area contributed by atoms with Crippen LogP contribution in [-0.4, -0.2) is 40.5 Å². The third kappa shape index (κ3) is 4.74. The van der Waals surface area contributed by atoms with Gasteiger partial charge in [0.05, 0.1) is 6.42 Å². The van der Waals surface area contributed by atoms with Crippen LogP contribution in [0, 0.1) is 6.92 Å². The van der Waals surface area contributed by atoms with E-state index in [0.717, 1.165) is 29.7 Å². The Bertz CT molecular complexity index is 806. The number of rotatable bonds is 6. The first kappa shape index (κ1) is 19.1. The normalized spacial score (nSPS) is 20.2. The van der Waals surface area contributed by atoms with Crippen LogP contribution in [0.25, 0.3) is 0 Å². The molecule has 1 fully saturated rings. The maximum Gasteiger partial charge on any atom is 0.330 e. The van der Waals surface area contributed by atoms with Gasteiger partial charge in [0, 0.05) is 13.1 Å². The Labute approximate surface area is 160 Å². The van der Waals surface area contributed by atoms with E-state index < -0.39 is 11.5 Å². The molecule has 3 rings (SSSR count). The second-order valence-corrected chi connectivity index (χ2v) is 7.34. The number of carboxylic acids is 1. The van der Waals surface area contributed by atoms with Crippen LogP contribution >= 0.6 is 0 Å². The topological polar surface area (TPSA) is 69.6 Å². The average molecular weight is 366 g/mol. The Morgan fingerprint density at radius 1 is 1.11 bits per heavy atom. The maximum absolute atomic E-state index is 12.6. The smallest absolute Gasteiger partial charge is 0.330 e. The van der Waals surface area contributed by atoms with Crippen molar-refractivity contribution < 1.29 is 14.7 Å². The fraction of sp³-hybridized carbons (Fsp3) is 0.364. The number of benzene rings is 2. The highest BCUT2D eigenvalue weighted by Crippen LogP contribution is 2.24. The molecule has 0 bridgehead atoms. The van der Waals surface area contributed by atoms with Gasteiger partial charge in [0.15, 0.2) is 5.54 Å². The highest BCUT2D eigenvalue weighted by atomic mass is 16.4. The van der Waals surface area contributed by atoms with Crippen LogP contribution in [-0.2, 0) is 22.6 Å². The van der Waals surface area contributed by atoms with Gasteiger partial charge in [-0.3, -0.25) is 9.69 Å². The highest BCUT2D eigenvalue weighted by Gasteiger charge is 2.43. The maximum atomic E-state index is 12.6. The number of aliphatic carboxylic acids is 1. The standard InChI is InChI=1S/C22H26N2O3/c1-17-8-5-6-11-19(17)14-20(25)23-22(21(26)27)12-7-13-24(16-22)15-18-9-3-2-4-10-18/h2-6,8-11H,7,12-16H2,1H3,(H,23,25)(H,26,27)/t22-/m0/s1. The Morgan fingerprint density at radius 2 is 1.81 bits per heavy atom. The van der Waals surface area contributed by atoms with Gasteiger partial charge in [-0.15, -0.1) is 0 Å². The minimum Gasteiger partial charge on any atom is -0.479 e. The number of nitrogens with zero attached hydrogens (tertiary/aromatic N) is 1. The van der Waals surface area contributed by atoms with Crippen molar-refractivity contribution in [2.24, 2.45) is 0 Å².